The molecule has 0 spiro atoms. The molecule has 4 nitrogen and oxygen atoms in total. The van der Waals surface area contributed by atoms with Crippen molar-refractivity contribution in [3.05, 3.63) is 69.9 Å². The third-order valence-corrected chi connectivity index (χ3v) is 5.66. The number of ether oxygens (including phenoxy) is 1. The number of carbonyl (C=O) groups is 2. The molecule has 1 N–H and O–H groups in total. The molecule has 27 heavy (non-hydrogen) atoms. The van der Waals surface area contributed by atoms with Crippen LogP contribution in [-0.2, 0) is 21.7 Å². The van der Waals surface area contributed by atoms with E-state index in [1.165, 1.54) is 13.0 Å². The molecule has 7 heteroatoms. The average Bonchev–Trinajstić information content (AvgIpc) is 2.66. The number of halogens is 2. The van der Waals surface area contributed by atoms with Crippen molar-refractivity contribution in [2.45, 2.75) is 32.4 Å². The largest absolute Gasteiger partial charge is 0.445 e. The normalized spacial score (nSPS) is 12.9. The Labute approximate surface area is 171 Å². The summed E-state index contributed by atoms with van der Waals surface area (Å²) in [5.74, 6) is -0.250. The van der Waals surface area contributed by atoms with Crippen LogP contribution in [-0.4, -0.2) is 17.0 Å². The van der Waals surface area contributed by atoms with E-state index in [2.05, 4.69) is 21.2 Å². The topological polar surface area (TPSA) is 55.4 Å². The highest BCUT2D eigenvalue weighted by Gasteiger charge is 2.36. The maximum Gasteiger partial charge on any atom is 0.408 e. The van der Waals surface area contributed by atoms with Gasteiger partial charge in [-0.2, -0.15) is 0 Å². The first-order valence-corrected chi connectivity index (χ1v) is 10.2. The van der Waals surface area contributed by atoms with Gasteiger partial charge >= 0.3 is 6.09 Å². The van der Waals surface area contributed by atoms with E-state index >= 15 is 0 Å². The Morgan fingerprint density at radius 2 is 1.93 bits per heavy atom. The number of amides is 1. The Morgan fingerprint density at radius 3 is 2.56 bits per heavy atom. The second kappa shape index (κ2) is 9.90. The number of rotatable bonds is 7. The fourth-order valence-corrected chi connectivity index (χ4v) is 3.85. The van der Waals surface area contributed by atoms with Crippen molar-refractivity contribution in [1.29, 1.82) is 0 Å². The third-order valence-electron chi connectivity index (χ3n) is 4.12. The molecule has 0 saturated heterocycles. The molecule has 0 aromatic heterocycles. The zero-order valence-electron chi connectivity index (χ0n) is 15.1. The maximum absolute atomic E-state index is 14.6. The summed E-state index contributed by atoms with van der Waals surface area (Å²) in [6.07, 6.45) is -0.273. The molecule has 1 atom stereocenters. The monoisotopic (exact) mass is 453 g/mol. The first-order valence-electron chi connectivity index (χ1n) is 8.44. The maximum atomic E-state index is 14.6. The molecule has 0 bridgehead atoms. The van der Waals surface area contributed by atoms with E-state index in [-0.39, 0.29) is 17.5 Å². The van der Waals surface area contributed by atoms with Gasteiger partial charge in [0.05, 0.1) is 5.54 Å². The lowest BCUT2D eigenvalue weighted by atomic mass is 9.88. The highest BCUT2D eigenvalue weighted by Crippen LogP contribution is 2.33. The van der Waals surface area contributed by atoms with Gasteiger partial charge in [0.25, 0.3) is 0 Å². The summed E-state index contributed by atoms with van der Waals surface area (Å²) in [6.45, 7) is 3.38. The van der Waals surface area contributed by atoms with Gasteiger partial charge in [0.15, 0.2) is 5.12 Å². The first-order chi connectivity index (χ1) is 12.9. The number of nitrogens with one attached hydrogen (secondary N) is 1. The second-order valence-electron chi connectivity index (χ2n) is 6.03. The van der Waals surface area contributed by atoms with Crippen molar-refractivity contribution in [1.82, 2.24) is 5.32 Å². The minimum Gasteiger partial charge on any atom is -0.445 e. The van der Waals surface area contributed by atoms with Gasteiger partial charge in [0.2, 0.25) is 0 Å². The van der Waals surface area contributed by atoms with Crippen LogP contribution in [0.5, 0.6) is 0 Å². The molecule has 0 unspecified atom stereocenters. The molecule has 0 aliphatic heterocycles. The lowest BCUT2D eigenvalue weighted by molar-refractivity contribution is -0.109. The van der Waals surface area contributed by atoms with E-state index in [1.54, 1.807) is 12.1 Å². The van der Waals surface area contributed by atoms with E-state index < -0.39 is 17.4 Å². The van der Waals surface area contributed by atoms with Gasteiger partial charge in [-0.15, -0.1) is 0 Å². The lowest BCUT2D eigenvalue weighted by Gasteiger charge is -2.34. The van der Waals surface area contributed by atoms with Crippen LogP contribution in [0.25, 0.3) is 0 Å². The van der Waals surface area contributed by atoms with Crippen LogP contribution >= 0.6 is 27.7 Å². The molecule has 0 aliphatic rings. The van der Waals surface area contributed by atoms with Crippen molar-refractivity contribution < 1.29 is 18.7 Å². The zero-order valence-corrected chi connectivity index (χ0v) is 17.5. The number of alkyl carbamates (subject to hydrolysis) is 1. The lowest BCUT2D eigenvalue weighted by Crippen LogP contribution is -2.48. The SMILES string of the molecule is CC[C@@](CSC(C)=O)(NC(=O)OCc1ccccc1)c1cc(Br)ccc1F. The van der Waals surface area contributed by atoms with E-state index in [0.29, 0.717) is 16.5 Å². The standard InChI is InChI=1S/C20H21BrFNO3S/c1-3-20(13-27-14(2)24,17-11-16(21)9-10-18(17)22)23-19(25)26-12-15-7-5-4-6-8-15/h4-11H,3,12-13H2,1-2H3,(H,23,25)/t20-/m0/s1. The molecular weight excluding hydrogens is 433 g/mol. The summed E-state index contributed by atoms with van der Waals surface area (Å²) >= 11 is 4.38. The third kappa shape index (κ3) is 6.07. The van der Waals surface area contributed by atoms with Crippen LogP contribution in [0.1, 0.15) is 31.4 Å². The summed E-state index contributed by atoms with van der Waals surface area (Å²) in [4.78, 5) is 23.9. The molecule has 2 aromatic carbocycles. The van der Waals surface area contributed by atoms with Gasteiger partial charge in [-0.25, -0.2) is 9.18 Å². The summed E-state index contributed by atoms with van der Waals surface area (Å²) < 4.78 is 20.6. The Kier molecular flexibility index (Phi) is 7.86. The molecular formula is C20H21BrFNO3S. The number of benzene rings is 2. The summed E-state index contributed by atoms with van der Waals surface area (Å²) in [5.41, 5.74) is 0.0871. The summed E-state index contributed by atoms with van der Waals surface area (Å²) in [5, 5.41) is 2.69. The molecule has 0 fully saturated rings. The van der Waals surface area contributed by atoms with E-state index in [9.17, 15) is 14.0 Å². The number of thioether (sulfide) groups is 1. The number of hydrogen-bond acceptors (Lipinski definition) is 4. The van der Waals surface area contributed by atoms with E-state index in [0.717, 1.165) is 17.3 Å². The van der Waals surface area contributed by atoms with Gasteiger partial charge in [-0.1, -0.05) is 64.9 Å². The van der Waals surface area contributed by atoms with Gasteiger partial charge in [-0.05, 0) is 30.2 Å². The number of carbonyl (C=O) groups excluding carboxylic acids is 2. The summed E-state index contributed by atoms with van der Waals surface area (Å²) in [7, 11) is 0. The molecule has 0 radical (unpaired) electrons. The van der Waals surface area contributed by atoms with Gasteiger partial charge in [0, 0.05) is 22.7 Å². The molecule has 2 aromatic rings. The highest BCUT2D eigenvalue weighted by molar-refractivity contribution is 9.10. The van der Waals surface area contributed by atoms with Gasteiger partial charge < -0.3 is 10.1 Å². The molecule has 144 valence electrons. The minimum absolute atomic E-state index is 0.104. The first kappa shape index (κ1) is 21.4. The van der Waals surface area contributed by atoms with Crippen molar-refractivity contribution in [2.24, 2.45) is 0 Å². The average molecular weight is 454 g/mol. The highest BCUT2D eigenvalue weighted by atomic mass is 79.9. The molecule has 0 heterocycles. The van der Waals surface area contributed by atoms with Crippen molar-refractivity contribution in [2.75, 3.05) is 5.75 Å². The minimum atomic E-state index is -1.07. The summed E-state index contributed by atoms with van der Waals surface area (Å²) in [6, 6.07) is 13.8. The molecule has 0 aliphatic carbocycles. The van der Waals surface area contributed by atoms with Crippen LogP contribution < -0.4 is 5.32 Å². The quantitative estimate of drug-likeness (QED) is 0.609. The Hall–Kier alpha value is -1.86. The second-order valence-corrected chi connectivity index (χ2v) is 8.09. The van der Waals surface area contributed by atoms with Crippen LogP contribution in [0.2, 0.25) is 0 Å². The van der Waals surface area contributed by atoms with Crippen molar-refractivity contribution >= 4 is 38.9 Å². The predicted molar refractivity (Wildman–Crippen MR) is 109 cm³/mol. The van der Waals surface area contributed by atoms with Gasteiger partial charge in [-0.3, -0.25) is 4.79 Å². The molecule has 2 rings (SSSR count). The van der Waals surface area contributed by atoms with E-state index in [1.807, 2.05) is 37.3 Å². The fraction of sp³-hybridized carbons (Fsp3) is 0.300. The van der Waals surface area contributed by atoms with Crippen LogP contribution in [0, 0.1) is 5.82 Å². The number of hydrogen-bond donors (Lipinski definition) is 1. The van der Waals surface area contributed by atoms with Crippen LogP contribution in [0.3, 0.4) is 0 Å². The van der Waals surface area contributed by atoms with Gasteiger partial charge in [0.1, 0.15) is 12.4 Å². The van der Waals surface area contributed by atoms with E-state index in [4.69, 9.17) is 4.74 Å². The van der Waals surface area contributed by atoms with Crippen LogP contribution in [0.4, 0.5) is 9.18 Å². The smallest absolute Gasteiger partial charge is 0.408 e. The van der Waals surface area contributed by atoms with Crippen molar-refractivity contribution in [3.63, 3.8) is 0 Å². The molecule has 0 saturated carbocycles. The van der Waals surface area contributed by atoms with Crippen molar-refractivity contribution in [3.8, 4) is 0 Å². The Balaban J connectivity index is 2.24. The Morgan fingerprint density at radius 1 is 1.22 bits per heavy atom. The fourth-order valence-electron chi connectivity index (χ4n) is 2.61. The molecule has 1 amide bonds. The zero-order chi connectivity index (χ0) is 19.9. The Bertz CT molecular complexity index is 803. The predicted octanol–water partition coefficient (Wildman–Crippen LogP) is 5.40. The van der Waals surface area contributed by atoms with Crippen LogP contribution in [0.15, 0.2) is 53.0 Å².